The Kier molecular flexibility index (Phi) is 5.56. The predicted molar refractivity (Wildman–Crippen MR) is 103 cm³/mol. The molecule has 0 unspecified atom stereocenters. The molecule has 0 saturated carbocycles. The van der Waals surface area contributed by atoms with Crippen molar-refractivity contribution in [3.63, 3.8) is 0 Å². The molecule has 5 heteroatoms. The molecule has 26 heavy (non-hydrogen) atoms. The van der Waals surface area contributed by atoms with Gasteiger partial charge in [-0.2, -0.15) is 0 Å². The third kappa shape index (κ3) is 3.87. The van der Waals surface area contributed by atoms with Crippen molar-refractivity contribution >= 4 is 23.2 Å². The second-order valence-electron chi connectivity index (χ2n) is 6.34. The zero-order valence-electron chi connectivity index (χ0n) is 15.2. The standard InChI is InChI=1S/C21H24N2O3/c1-3-15-9-11-17(12-10-15)23-14-16(13-20(23)24)21(25)22-18-7-5-6-8-19(18)26-4-2/h5-12,16H,3-4,13-14H2,1-2H3,(H,22,25)/t16-/m1/s1. The van der Waals surface area contributed by atoms with Crippen LogP contribution >= 0.6 is 0 Å². The number of hydrogen-bond donors (Lipinski definition) is 1. The van der Waals surface area contributed by atoms with E-state index in [1.54, 1.807) is 11.0 Å². The Morgan fingerprint density at radius 1 is 1.15 bits per heavy atom. The van der Waals surface area contributed by atoms with E-state index >= 15 is 0 Å². The van der Waals surface area contributed by atoms with Gasteiger partial charge in [-0.3, -0.25) is 9.59 Å². The number of aryl methyl sites for hydroxylation is 1. The molecular formula is C21H24N2O3. The maximum absolute atomic E-state index is 12.6. The molecule has 2 amide bonds. The van der Waals surface area contributed by atoms with Gasteiger partial charge in [-0.25, -0.2) is 0 Å². The summed E-state index contributed by atoms with van der Waals surface area (Å²) in [4.78, 5) is 26.7. The molecule has 0 aromatic heterocycles. The Bertz CT molecular complexity index is 786. The van der Waals surface area contributed by atoms with Gasteiger partial charge in [0.1, 0.15) is 5.75 Å². The molecule has 1 aliphatic rings. The Labute approximate surface area is 154 Å². The summed E-state index contributed by atoms with van der Waals surface area (Å²) >= 11 is 0. The first-order chi connectivity index (χ1) is 12.6. The van der Waals surface area contributed by atoms with Crippen LogP contribution in [0.15, 0.2) is 48.5 Å². The number of benzene rings is 2. The smallest absolute Gasteiger partial charge is 0.229 e. The fourth-order valence-electron chi connectivity index (χ4n) is 3.13. The Balaban J connectivity index is 1.69. The van der Waals surface area contributed by atoms with E-state index in [1.165, 1.54) is 5.56 Å². The molecule has 136 valence electrons. The van der Waals surface area contributed by atoms with Crippen molar-refractivity contribution < 1.29 is 14.3 Å². The lowest BCUT2D eigenvalue weighted by Crippen LogP contribution is -2.28. The van der Waals surface area contributed by atoms with Gasteiger partial charge in [-0.15, -0.1) is 0 Å². The summed E-state index contributed by atoms with van der Waals surface area (Å²) < 4.78 is 5.54. The average molecular weight is 352 g/mol. The van der Waals surface area contributed by atoms with Crippen molar-refractivity contribution in [2.75, 3.05) is 23.4 Å². The van der Waals surface area contributed by atoms with E-state index in [4.69, 9.17) is 4.74 Å². The van der Waals surface area contributed by atoms with Gasteiger partial charge < -0.3 is 15.0 Å². The highest BCUT2D eigenvalue weighted by molar-refractivity contribution is 6.03. The van der Waals surface area contributed by atoms with E-state index < -0.39 is 0 Å². The Morgan fingerprint density at radius 2 is 1.88 bits per heavy atom. The van der Waals surface area contributed by atoms with E-state index in [-0.39, 0.29) is 24.2 Å². The first-order valence-corrected chi connectivity index (χ1v) is 9.04. The topological polar surface area (TPSA) is 58.6 Å². The van der Waals surface area contributed by atoms with Gasteiger partial charge in [-0.1, -0.05) is 31.2 Å². The third-order valence-electron chi connectivity index (χ3n) is 4.60. The predicted octanol–water partition coefficient (Wildman–Crippen LogP) is 3.64. The summed E-state index contributed by atoms with van der Waals surface area (Å²) in [7, 11) is 0. The SMILES string of the molecule is CCOc1ccccc1NC(=O)[C@@H]1CC(=O)N(c2ccc(CC)cc2)C1. The summed E-state index contributed by atoms with van der Waals surface area (Å²) in [6, 6.07) is 15.3. The lowest BCUT2D eigenvalue weighted by Gasteiger charge is -2.17. The fraction of sp³-hybridized carbons (Fsp3) is 0.333. The fourth-order valence-corrected chi connectivity index (χ4v) is 3.13. The molecule has 1 fully saturated rings. The molecule has 0 bridgehead atoms. The molecule has 0 aliphatic carbocycles. The zero-order valence-corrected chi connectivity index (χ0v) is 15.2. The molecule has 2 aromatic rings. The van der Waals surface area contributed by atoms with E-state index in [1.807, 2.05) is 49.4 Å². The molecule has 1 N–H and O–H groups in total. The van der Waals surface area contributed by atoms with Crippen molar-refractivity contribution in [3.8, 4) is 5.75 Å². The minimum absolute atomic E-state index is 0.0208. The van der Waals surface area contributed by atoms with E-state index in [2.05, 4.69) is 12.2 Å². The summed E-state index contributed by atoms with van der Waals surface area (Å²) in [5, 5.41) is 2.91. The van der Waals surface area contributed by atoms with E-state index in [0.29, 0.717) is 24.6 Å². The molecule has 3 rings (SSSR count). The van der Waals surface area contributed by atoms with Crippen LogP contribution in [0.5, 0.6) is 5.75 Å². The second-order valence-corrected chi connectivity index (χ2v) is 6.34. The van der Waals surface area contributed by atoms with Crippen LogP contribution in [0.1, 0.15) is 25.8 Å². The monoisotopic (exact) mass is 352 g/mol. The Morgan fingerprint density at radius 3 is 2.58 bits per heavy atom. The maximum atomic E-state index is 12.6. The van der Waals surface area contributed by atoms with Crippen molar-refractivity contribution in [3.05, 3.63) is 54.1 Å². The number of nitrogens with zero attached hydrogens (tertiary/aromatic N) is 1. The van der Waals surface area contributed by atoms with Crippen molar-refractivity contribution in [2.45, 2.75) is 26.7 Å². The van der Waals surface area contributed by atoms with Crippen molar-refractivity contribution in [1.29, 1.82) is 0 Å². The van der Waals surface area contributed by atoms with Crippen LogP contribution in [0.25, 0.3) is 0 Å². The molecule has 0 spiro atoms. The molecular weight excluding hydrogens is 328 g/mol. The van der Waals surface area contributed by atoms with E-state index in [0.717, 1.165) is 12.1 Å². The first kappa shape index (κ1) is 18.0. The molecule has 5 nitrogen and oxygen atoms in total. The summed E-state index contributed by atoms with van der Waals surface area (Å²) in [5.41, 5.74) is 2.71. The van der Waals surface area contributed by atoms with Crippen LogP contribution < -0.4 is 15.0 Å². The number of carbonyl (C=O) groups is 2. The van der Waals surface area contributed by atoms with Crippen LogP contribution in [0.3, 0.4) is 0 Å². The number of amides is 2. The number of para-hydroxylation sites is 2. The number of nitrogens with one attached hydrogen (secondary N) is 1. The largest absolute Gasteiger partial charge is 0.492 e. The molecule has 1 heterocycles. The average Bonchev–Trinajstić information content (AvgIpc) is 3.05. The first-order valence-electron chi connectivity index (χ1n) is 9.04. The Hall–Kier alpha value is -2.82. The van der Waals surface area contributed by atoms with Crippen LogP contribution in [0.4, 0.5) is 11.4 Å². The van der Waals surface area contributed by atoms with Gasteiger partial charge in [0, 0.05) is 18.7 Å². The normalized spacial score (nSPS) is 16.6. The van der Waals surface area contributed by atoms with Gasteiger partial charge in [0.15, 0.2) is 0 Å². The number of rotatable bonds is 6. The van der Waals surface area contributed by atoms with Gasteiger partial charge in [-0.05, 0) is 43.2 Å². The van der Waals surface area contributed by atoms with Gasteiger partial charge in [0.2, 0.25) is 11.8 Å². The molecule has 1 saturated heterocycles. The molecule has 1 aliphatic heterocycles. The van der Waals surface area contributed by atoms with Crippen molar-refractivity contribution in [2.24, 2.45) is 5.92 Å². The lowest BCUT2D eigenvalue weighted by molar-refractivity contribution is -0.122. The molecule has 2 aromatic carbocycles. The minimum atomic E-state index is -0.372. The molecule has 0 radical (unpaired) electrons. The maximum Gasteiger partial charge on any atom is 0.229 e. The molecule has 1 atom stereocenters. The summed E-state index contributed by atoms with van der Waals surface area (Å²) in [6.45, 7) is 4.91. The van der Waals surface area contributed by atoms with Gasteiger partial charge >= 0.3 is 0 Å². The second kappa shape index (κ2) is 8.04. The van der Waals surface area contributed by atoms with Gasteiger partial charge in [0.05, 0.1) is 18.2 Å². The zero-order chi connectivity index (χ0) is 18.5. The number of hydrogen-bond acceptors (Lipinski definition) is 3. The number of carbonyl (C=O) groups excluding carboxylic acids is 2. The number of ether oxygens (including phenoxy) is 1. The van der Waals surface area contributed by atoms with Crippen LogP contribution in [-0.2, 0) is 16.0 Å². The van der Waals surface area contributed by atoms with Crippen LogP contribution in [0.2, 0.25) is 0 Å². The van der Waals surface area contributed by atoms with Crippen LogP contribution in [0, 0.1) is 5.92 Å². The highest BCUT2D eigenvalue weighted by Gasteiger charge is 2.35. The quantitative estimate of drug-likeness (QED) is 0.863. The summed E-state index contributed by atoms with van der Waals surface area (Å²) in [5.74, 6) is 0.0911. The lowest BCUT2D eigenvalue weighted by atomic mass is 10.1. The highest BCUT2D eigenvalue weighted by Crippen LogP contribution is 2.28. The van der Waals surface area contributed by atoms with Crippen LogP contribution in [-0.4, -0.2) is 25.0 Å². The highest BCUT2D eigenvalue weighted by atomic mass is 16.5. The van der Waals surface area contributed by atoms with E-state index in [9.17, 15) is 9.59 Å². The third-order valence-corrected chi connectivity index (χ3v) is 4.60. The summed E-state index contributed by atoms with van der Waals surface area (Å²) in [6.07, 6.45) is 1.18. The minimum Gasteiger partial charge on any atom is -0.492 e. The van der Waals surface area contributed by atoms with Gasteiger partial charge in [0.25, 0.3) is 0 Å². The number of anilines is 2. The van der Waals surface area contributed by atoms with Crippen molar-refractivity contribution in [1.82, 2.24) is 0 Å².